The van der Waals surface area contributed by atoms with Crippen LogP contribution in [0.4, 0.5) is 4.79 Å². The van der Waals surface area contributed by atoms with Gasteiger partial charge in [0, 0.05) is 30.1 Å². The fourth-order valence-electron chi connectivity index (χ4n) is 1.51. The van der Waals surface area contributed by atoms with Crippen LogP contribution in [-0.4, -0.2) is 46.7 Å². The molecule has 1 rings (SSSR count). The molecule has 0 radical (unpaired) electrons. The van der Waals surface area contributed by atoms with Crippen LogP contribution in [0.5, 0.6) is 0 Å². The molecule has 0 aliphatic rings. The molecule has 1 aromatic heterocycles. The van der Waals surface area contributed by atoms with Crippen molar-refractivity contribution in [2.75, 3.05) is 18.6 Å². The first kappa shape index (κ1) is 16.8. The van der Waals surface area contributed by atoms with Crippen LogP contribution in [0.1, 0.15) is 28.8 Å². The van der Waals surface area contributed by atoms with Crippen molar-refractivity contribution in [3.63, 3.8) is 0 Å². The maximum atomic E-state index is 11.6. The Morgan fingerprint density at radius 2 is 2.30 bits per heavy atom. The SMILES string of the molecule is CCC(CSC)NC(=O)NCCc1nc(C(=O)O)cs1. The minimum atomic E-state index is -1.03. The highest BCUT2D eigenvalue weighted by atomic mass is 32.2. The molecule has 0 bridgehead atoms. The van der Waals surface area contributed by atoms with Gasteiger partial charge in [-0.3, -0.25) is 0 Å². The topological polar surface area (TPSA) is 91.3 Å². The lowest BCUT2D eigenvalue weighted by Gasteiger charge is -2.16. The molecule has 1 atom stereocenters. The number of rotatable bonds is 8. The summed E-state index contributed by atoms with van der Waals surface area (Å²) in [5.74, 6) is -0.140. The first-order valence-corrected chi connectivity index (χ1v) is 8.55. The van der Waals surface area contributed by atoms with Gasteiger partial charge in [-0.1, -0.05) is 6.92 Å². The van der Waals surface area contributed by atoms with Gasteiger partial charge >= 0.3 is 12.0 Å². The van der Waals surface area contributed by atoms with Gasteiger partial charge in [0.2, 0.25) is 0 Å². The number of carboxylic acid groups (broad SMARTS) is 1. The molecule has 0 fully saturated rings. The van der Waals surface area contributed by atoms with E-state index in [1.165, 1.54) is 16.7 Å². The maximum Gasteiger partial charge on any atom is 0.355 e. The summed E-state index contributed by atoms with van der Waals surface area (Å²) in [5, 5.41) is 16.6. The number of carbonyl (C=O) groups is 2. The third kappa shape index (κ3) is 5.79. The average molecular weight is 317 g/mol. The zero-order valence-corrected chi connectivity index (χ0v) is 13.1. The van der Waals surface area contributed by atoms with Crippen molar-refractivity contribution in [1.82, 2.24) is 15.6 Å². The molecule has 0 aliphatic carbocycles. The zero-order chi connectivity index (χ0) is 15.0. The minimum absolute atomic E-state index is 0.0560. The molecule has 6 nitrogen and oxygen atoms in total. The van der Waals surface area contributed by atoms with Crippen molar-refractivity contribution < 1.29 is 14.7 Å². The van der Waals surface area contributed by atoms with Crippen LogP contribution in [0.2, 0.25) is 0 Å². The Hall–Kier alpha value is -1.28. The number of urea groups is 1. The fraction of sp³-hybridized carbons (Fsp3) is 0.583. The number of amides is 2. The summed E-state index contributed by atoms with van der Waals surface area (Å²) in [7, 11) is 0. The molecular weight excluding hydrogens is 298 g/mol. The molecule has 0 saturated heterocycles. The Kier molecular flexibility index (Phi) is 7.38. The quantitative estimate of drug-likeness (QED) is 0.680. The number of carbonyl (C=O) groups excluding carboxylic acids is 1. The van der Waals surface area contributed by atoms with Crippen LogP contribution in [0, 0.1) is 0 Å². The van der Waals surface area contributed by atoms with E-state index in [9.17, 15) is 9.59 Å². The third-order valence-corrected chi connectivity index (χ3v) is 4.24. The Morgan fingerprint density at radius 3 is 2.85 bits per heavy atom. The highest BCUT2D eigenvalue weighted by Crippen LogP contribution is 2.09. The number of thioether (sulfide) groups is 1. The van der Waals surface area contributed by atoms with Crippen LogP contribution >= 0.6 is 23.1 Å². The van der Waals surface area contributed by atoms with Crippen molar-refractivity contribution >= 4 is 35.1 Å². The highest BCUT2D eigenvalue weighted by molar-refractivity contribution is 7.98. The Labute approximate surface area is 126 Å². The van der Waals surface area contributed by atoms with Gasteiger partial charge in [-0.05, 0) is 12.7 Å². The summed E-state index contributed by atoms with van der Waals surface area (Å²) in [4.78, 5) is 26.3. The smallest absolute Gasteiger partial charge is 0.355 e. The van der Waals surface area contributed by atoms with Gasteiger partial charge in [0.05, 0.1) is 5.01 Å². The van der Waals surface area contributed by atoms with E-state index < -0.39 is 5.97 Å². The zero-order valence-electron chi connectivity index (χ0n) is 11.5. The molecule has 1 aromatic rings. The predicted octanol–water partition coefficient (Wildman–Crippen LogP) is 1.82. The van der Waals surface area contributed by atoms with E-state index in [2.05, 4.69) is 15.6 Å². The van der Waals surface area contributed by atoms with Gasteiger partial charge < -0.3 is 15.7 Å². The number of nitrogens with zero attached hydrogens (tertiary/aromatic N) is 1. The number of hydrogen-bond acceptors (Lipinski definition) is 5. The molecule has 2 amide bonds. The van der Waals surface area contributed by atoms with Gasteiger partial charge in [-0.25, -0.2) is 14.6 Å². The van der Waals surface area contributed by atoms with Gasteiger partial charge in [0.1, 0.15) is 0 Å². The fourth-order valence-corrected chi connectivity index (χ4v) is 3.00. The predicted molar refractivity (Wildman–Crippen MR) is 81.8 cm³/mol. The molecule has 8 heteroatoms. The van der Waals surface area contributed by atoms with E-state index in [1.54, 1.807) is 11.8 Å². The standard InChI is InChI=1S/C12H19N3O3S2/c1-3-8(6-19-2)14-12(18)13-5-4-10-15-9(7-20-10)11(16)17/h7-8H,3-6H2,1-2H3,(H,16,17)(H2,13,14,18). The van der Waals surface area contributed by atoms with E-state index in [0.717, 1.165) is 12.2 Å². The molecule has 3 N–H and O–H groups in total. The molecule has 1 unspecified atom stereocenters. The molecule has 112 valence electrons. The van der Waals surface area contributed by atoms with E-state index in [1.807, 2.05) is 13.2 Å². The van der Waals surface area contributed by atoms with Crippen molar-refractivity contribution in [1.29, 1.82) is 0 Å². The first-order valence-electron chi connectivity index (χ1n) is 6.27. The van der Waals surface area contributed by atoms with Crippen LogP contribution < -0.4 is 10.6 Å². The van der Waals surface area contributed by atoms with E-state index in [0.29, 0.717) is 18.0 Å². The van der Waals surface area contributed by atoms with Crippen LogP contribution in [0.15, 0.2) is 5.38 Å². The van der Waals surface area contributed by atoms with Gasteiger partial charge in [0.15, 0.2) is 5.69 Å². The van der Waals surface area contributed by atoms with Crippen LogP contribution in [0.25, 0.3) is 0 Å². The van der Waals surface area contributed by atoms with Crippen LogP contribution in [0.3, 0.4) is 0 Å². The summed E-state index contributed by atoms with van der Waals surface area (Å²) >= 11 is 2.99. The van der Waals surface area contributed by atoms with Crippen molar-refractivity contribution in [2.45, 2.75) is 25.8 Å². The summed E-state index contributed by atoms with van der Waals surface area (Å²) in [6.07, 6.45) is 3.43. The number of aromatic nitrogens is 1. The summed E-state index contributed by atoms with van der Waals surface area (Å²) in [6.45, 7) is 2.47. The molecule has 0 aliphatic heterocycles. The van der Waals surface area contributed by atoms with Crippen molar-refractivity contribution in [3.8, 4) is 0 Å². The number of hydrogen-bond donors (Lipinski definition) is 3. The largest absolute Gasteiger partial charge is 0.476 e. The Bertz CT molecular complexity index is 451. The maximum absolute atomic E-state index is 11.6. The number of thiazole rings is 1. The molecular formula is C12H19N3O3S2. The lowest BCUT2D eigenvalue weighted by molar-refractivity contribution is 0.0691. The Morgan fingerprint density at radius 1 is 1.55 bits per heavy atom. The second-order valence-corrected chi connectivity index (χ2v) is 6.00. The summed E-state index contributed by atoms with van der Waals surface area (Å²) in [6, 6.07) is -0.0237. The lowest BCUT2D eigenvalue weighted by atomic mass is 10.3. The average Bonchev–Trinajstić information content (AvgIpc) is 2.87. The molecule has 0 aromatic carbocycles. The second-order valence-electron chi connectivity index (χ2n) is 4.14. The minimum Gasteiger partial charge on any atom is -0.476 e. The molecule has 20 heavy (non-hydrogen) atoms. The van der Waals surface area contributed by atoms with Gasteiger partial charge in [-0.15, -0.1) is 11.3 Å². The highest BCUT2D eigenvalue weighted by Gasteiger charge is 2.10. The number of aromatic carboxylic acids is 1. The van der Waals surface area contributed by atoms with Crippen molar-refractivity contribution in [3.05, 3.63) is 16.1 Å². The molecule has 0 saturated carbocycles. The van der Waals surface area contributed by atoms with E-state index in [4.69, 9.17) is 5.11 Å². The van der Waals surface area contributed by atoms with Gasteiger partial charge in [-0.2, -0.15) is 11.8 Å². The lowest BCUT2D eigenvalue weighted by Crippen LogP contribution is -2.43. The van der Waals surface area contributed by atoms with Crippen molar-refractivity contribution in [2.24, 2.45) is 0 Å². The Balaban J connectivity index is 2.28. The monoisotopic (exact) mass is 317 g/mol. The van der Waals surface area contributed by atoms with E-state index >= 15 is 0 Å². The van der Waals surface area contributed by atoms with Crippen LogP contribution in [-0.2, 0) is 6.42 Å². The normalized spacial score (nSPS) is 11.9. The summed E-state index contributed by atoms with van der Waals surface area (Å²) < 4.78 is 0. The first-order chi connectivity index (χ1) is 9.56. The molecule has 0 spiro atoms. The second kappa shape index (κ2) is 8.80. The van der Waals surface area contributed by atoms with Gasteiger partial charge in [0.25, 0.3) is 0 Å². The number of carboxylic acids is 1. The summed E-state index contributed by atoms with van der Waals surface area (Å²) in [5.41, 5.74) is 0.0560. The van der Waals surface area contributed by atoms with E-state index in [-0.39, 0.29) is 17.8 Å². The third-order valence-electron chi connectivity index (χ3n) is 2.59. The molecule has 1 heterocycles. The number of nitrogens with one attached hydrogen (secondary N) is 2.